The number of amides is 1. The van der Waals surface area contributed by atoms with Gasteiger partial charge in [0.25, 0.3) is 0 Å². The highest BCUT2D eigenvalue weighted by atomic mass is 16.6. The molecule has 38 heavy (non-hydrogen) atoms. The third-order valence-corrected chi connectivity index (χ3v) is 6.52. The number of hydrogen-bond donors (Lipinski definition) is 2. The molecule has 0 bridgehead atoms. The lowest BCUT2D eigenvalue weighted by molar-refractivity contribution is 0.0229. The quantitative estimate of drug-likeness (QED) is 0.547. The van der Waals surface area contributed by atoms with E-state index in [1.165, 1.54) is 0 Å². The number of ether oxygens (including phenoxy) is 1. The normalized spacial score (nSPS) is 15.9. The fourth-order valence-corrected chi connectivity index (χ4v) is 4.64. The van der Waals surface area contributed by atoms with Crippen LogP contribution in [0.2, 0.25) is 0 Å². The fourth-order valence-electron chi connectivity index (χ4n) is 4.64. The van der Waals surface area contributed by atoms with Crippen LogP contribution in [-0.2, 0) is 17.8 Å². The maximum Gasteiger partial charge on any atom is 0.410 e. The van der Waals surface area contributed by atoms with E-state index < -0.39 is 11.7 Å². The molecular weight excluding hydrogens is 486 g/mol. The molecule has 0 saturated carbocycles. The van der Waals surface area contributed by atoms with Crippen LogP contribution in [0.15, 0.2) is 24.3 Å². The van der Waals surface area contributed by atoms with E-state index in [4.69, 9.17) is 4.74 Å². The molecular formula is C29H39N3O6. The molecule has 1 saturated heterocycles. The van der Waals surface area contributed by atoms with Crippen molar-refractivity contribution in [3.8, 4) is 11.5 Å². The van der Waals surface area contributed by atoms with Gasteiger partial charge in [-0.2, -0.15) is 0 Å². The molecule has 0 unspecified atom stereocenters. The summed E-state index contributed by atoms with van der Waals surface area (Å²) in [4.78, 5) is 41.8. The van der Waals surface area contributed by atoms with E-state index in [0.29, 0.717) is 76.1 Å². The average Bonchev–Trinajstić information content (AvgIpc) is 2.93. The SMILES string of the molecule is Cc1cc(C=O)c(O)c(CN2CCN(Cc3cc(C)cc(C=O)c3O)CCN(C(=O)OC(C)(C)C)CC2)c1. The van der Waals surface area contributed by atoms with Gasteiger partial charge in [0.1, 0.15) is 17.1 Å². The first-order valence-electron chi connectivity index (χ1n) is 12.9. The van der Waals surface area contributed by atoms with E-state index in [1.54, 1.807) is 17.0 Å². The second kappa shape index (κ2) is 12.4. The largest absolute Gasteiger partial charge is 0.507 e. The van der Waals surface area contributed by atoms with Gasteiger partial charge in [-0.25, -0.2) is 4.79 Å². The van der Waals surface area contributed by atoms with Gasteiger partial charge < -0.3 is 19.8 Å². The highest BCUT2D eigenvalue weighted by Gasteiger charge is 2.26. The molecule has 3 rings (SSSR count). The second-order valence-corrected chi connectivity index (χ2v) is 11.0. The molecule has 1 aliphatic rings. The Morgan fingerprint density at radius 1 is 0.789 bits per heavy atom. The first-order valence-corrected chi connectivity index (χ1v) is 12.9. The predicted molar refractivity (Wildman–Crippen MR) is 145 cm³/mol. The van der Waals surface area contributed by atoms with Crippen LogP contribution in [0, 0.1) is 13.8 Å². The Balaban J connectivity index is 1.87. The van der Waals surface area contributed by atoms with Gasteiger partial charge in [0.05, 0.1) is 11.1 Å². The Labute approximate surface area is 224 Å². The number of carbonyl (C=O) groups excluding carboxylic acids is 3. The zero-order valence-electron chi connectivity index (χ0n) is 23.0. The van der Waals surface area contributed by atoms with Crippen molar-refractivity contribution in [2.45, 2.75) is 53.3 Å². The molecule has 1 fully saturated rings. The van der Waals surface area contributed by atoms with Crippen molar-refractivity contribution in [2.75, 3.05) is 39.3 Å². The number of nitrogens with zero attached hydrogens (tertiary/aromatic N) is 3. The monoisotopic (exact) mass is 525 g/mol. The van der Waals surface area contributed by atoms with Crippen molar-refractivity contribution in [3.05, 3.63) is 57.6 Å². The number of benzene rings is 2. The van der Waals surface area contributed by atoms with Gasteiger partial charge in [-0.3, -0.25) is 19.4 Å². The van der Waals surface area contributed by atoms with Gasteiger partial charge in [-0.15, -0.1) is 0 Å². The van der Waals surface area contributed by atoms with Crippen LogP contribution in [-0.4, -0.2) is 88.4 Å². The van der Waals surface area contributed by atoms with E-state index in [-0.39, 0.29) is 22.6 Å². The van der Waals surface area contributed by atoms with E-state index in [9.17, 15) is 24.6 Å². The molecule has 9 nitrogen and oxygen atoms in total. The summed E-state index contributed by atoms with van der Waals surface area (Å²) < 4.78 is 5.64. The minimum atomic E-state index is -0.633. The Bertz CT molecular complexity index is 1100. The van der Waals surface area contributed by atoms with Crippen molar-refractivity contribution >= 4 is 18.7 Å². The molecule has 9 heteroatoms. The van der Waals surface area contributed by atoms with Crippen molar-refractivity contribution < 1.29 is 29.3 Å². The Morgan fingerprint density at radius 2 is 1.18 bits per heavy atom. The molecule has 2 aromatic rings. The molecule has 0 aliphatic carbocycles. The van der Waals surface area contributed by atoms with Gasteiger partial charge in [-0.1, -0.05) is 12.1 Å². The van der Waals surface area contributed by atoms with Crippen molar-refractivity contribution in [2.24, 2.45) is 0 Å². The Kier molecular flexibility index (Phi) is 9.51. The topological polar surface area (TPSA) is 111 Å². The second-order valence-electron chi connectivity index (χ2n) is 11.0. The van der Waals surface area contributed by atoms with Crippen LogP contribution in [0.4, 0.5) is 4.79 Å². The number of phenols is 2. The zero-order valence-corrected chi connectivity index (χ0v) is 23.0. The summed E-state index contributed by atoms with van der Waals surface area (Å²) in [5.74, 6) is -0.0604. The van der Waals surface area contributed by atoms with Crippen LogP contribution in [0.1, 0.15) is 63.7 Å². The maximum absolute atomic E-state index is 13.0. The van der Waals surface area contributed by atoms with E-state index in [2.05, 4.69) is 9.80 Å². The summed E-state index contributed by atoms with van der Waals surface area (Å²) in [5.41, 5.74) is 2.92. The summed E-state index contributed by atoms with van der Waals surface area (Å²) in [5, 5.41) is 21.3. The summed E-state index contributed by atoms with van der Waals surface area (Å²) in [6.45, 7) is 13.2. The molecule has 0 atom stereocenters. The smallest absolute Gasteiger partial charge is 0.410 e. The van der Waals surface area contributed by atoms with Gasteiger partial charge in [0.15, 0.2) is 12.6 Å². The Hall–Kier alpha value is -3.43. The third-order valence-electron chi connectivity index (χ3n) is 6.52. The molecule has 0 spiro atoms. The highest BCUT2D eigenvalue weighted by molar-refractivity contribution is 5.81. The number of phenolic OH excluding ortho intramolecular Hbond substituents is 2. The summed E-state index contributed by atoms with van der Waals surface area (Å²) in [6, 6.07) is 7.03. The number of carbonyl (C=O) groups is 3. The lowest BCUT2D eigenvalue weighted by atomic mass is 10.0. The van der Waals surface area contributed by atoms with Crippen LogP contribution >= 0.6 is 0 Å². The predicted octanol–water partition coefficient (Wildman–Crippen LogP) is 3.89. The summed E-state index contributed by atoms with van der Waals surface area (Å²) >= 11 is 0. The van der Waals surface area contributed by atoms with Crippen molar-refractivity contribution in [1.82, 2.24) is 14.7 Å². The van der Waals surface area contributed by atoms with Crippen LogP contribution < -0.4 is 0 Å². The molecule has 0 radical (unpaired) electrons. The highest BCUT2D eigenvalue weighted by Crippen LogP contribution is 2.27. The number of aromatic hydroxyl groups is 2. The molecule has 0 aromatic heterocycles. The Morgan fingerprint density at radius 3 is 1.55 bits per heavy atom. The standard InChI is InChI=1S/C29H39N3O6/c1-20-12-22(26(35)24(14-20)18-33)16-30-6-7-31(17-23-13-21(2)15-25(19-34)27(23)36)9-11-32(10-8-30)28(37)38-29(3,4)5/h12-15,18-19,35-36H,6-11,16-17H2,1-5H3. The first kappa shape index (κ1) is 29.1. The minimum absolute atomic E-state index is 0.0302. The van der Waals surface area contributed by atoms with Crippen LogP contribution in [0.5, 0.6) is 11.5 Å². The molecule has 2 N–H and O–H groups in total. The average molecular weight is 526 g/mol. The van der Waals surface area contributed by atoms with Gasteiger partial charge in [-0.05, 0) is 57.9 Å². The lowest BCUT2D eigenvalue weighted by Crippen LogP contribution is -2.42. The lowest BCUT2D eigenvalue weighted by Gasteiger charge is -2.29. The maximum atomic E-state index is 13.0. The summed E-state index contributed by atoms with van der Waals surface area (Å²) in [7, 11) is 0. The molecule has 1 amide bonds. The van der Waals surface area contributed by atoms with Gasteiger partial charge in [0.2, 0.25) is 0 Å². The molecule has 2 aromatic carbocycles. The number of rotatable bonds is 6. The third kappa shape index (κ3) is 7.79. The number of aryl methyl sites for hydroxylation is 2. The van der Waals surface area contributed by atoms with E-state index >= 15 is 0 Å². The van der Waals surface area contributed by atoms with Gasteiger partial charge in [0, 0.05) is 63.5 Å². The first-order chi connectivity index (χ1) is 17.9. The fraction of sp³-hybridized carbons (Fsp3) is 0.483. The molecule has 1 heterocycles. The van der Waals surface area contributed by atoms with E-state index in [0.717, 1.165) is 11.1 Å². The van der Waals surface area contributed by atoms with Crippen LogP contribution in [0.25, 0.3) is 0 Å². The van der Waals surface area contributed by atoms with Crippen molar-refractivity contribution in [3.63, 3.8) is 0 Å². The van der Waals surface area contributed by atoms with Gasteiger partial charge >= 0.3 is 6.09 Å². The molecule has 1 aliphatic heterocycles. The molecule has 206 valence electrons. The van der Waals surface area contributed by atoms with Crippen LogP contribution in [0.3, 0.4) is 0 Å². The number of hydrogen-bond acceptors (Lipinski definition) is 8. The minimum Gasteiger partial charge on any atom is -0.507 e. The zero-order chi connectivity index (χ0) is 28.0. The number of aldehydes is 2. The van der Waals surface area contributed by atoms with Crippen molar-refractivity contribution in [1.29, 1.82) is 0 Å². The van der Waals surface area contributed by atoms with E-state index in [1.807, 2.05) is 46.8 Å². The summed E-state index contributed by atoms with van der Waals surface area (Å²) in [6.07, 6.45) is 0.902.